The molecule has 0 aromatic carbocycles. The summed E-state index contributed by atoms with van der Waals surface area (Å²) in [4.78, 5) is 22.0. The molecule has 24 heavy (non-hydrogen) atoms. The highest BCUT2D eigenvalue weighted by atomic mass is 16.3. The number of hydrogen-bond donors (Lipinski definition) is 2. The average Bonchev–Trinajstić information content (AvgIpc) is 2.52. The molecular formula is C16H16N4O4. The normalized spacial score (nSPS) is 9.42. The molecule has 2 aromatic rings. The van der Waals surface area contributed by atoms with E-state index in [0.29, 0.717) is 11.1 Å². The molecule has 124 valence electrons. The molecule has 0 bridgehead atoms. The zero-order valence-corrected chi connectivity index (χ0v) is 13.7. The highest BCUT2D eigenvalue weighted by Gasteiger charge is 2.09. The van der Waals surface area contributed by atoms with E-state index < -0.39 is 0 Å². The molecule has 2 aromatic heterocycles. The molecule has 8 heteroatoms. The first-order chi connectivity index (χ1) is 11.1. The SMILES string of the molecule is Cc1cc(=O)n(C)c(O)c1C#N.Cc1cc(=O)n(C)c(O)c1C#N. The highest BCUT2D eigenvalue weighted by molar-refractivity contribution is 5.44. The predicted octanol–water partition coefficient (Wildman–Crippen LogP) is 0.542. The van der Waals surface area contributed by atoms with Gasteiger partial charge in [0.2, 0.25) is 11.8 Å². The van der Waals surface area contributed by atoms with Crippen LogP contribution in [0.25, 0.3) is 0 Å². The molecule has 0 aliphatic rings. The summed E-state index contributed by atoms with van der Waals surface area (Å²) in [5, 5.41) is 35.8. The van der Waals surface area contributed by atoms with Crippen LogP contribution >= 0.6 is 0 Å². The first-order valence-electron chi connectivity index (χ1n) is 6.75. The van der Waals surface area contributed by atoms with E-state index in [0.717, 1.165) is 9.13 Å². The Kier molecular flexibility index (Phi) is 5.53. The molecule has 2 heterocycles. The fraction of sp³-hybridized carbons (Fsp3) is 0.250. The summed E-state index contributed by atoms with van der Waals surface area (Å²) in [6.07, 6.45) is 0. The van der Waals surface area contributed by atoms with E-state index in [1.165, 1.54) is 26.2 Å². The molecule has 0 atom stereocenters. The van der Waals surface area contributed by atoms with Crippen LogP contribution in [0.5, 0.6) is 11.8 Å². The molecule has 0 unspecified atom stereocenters. The van der Waals surface area contributed by atoms with Crippen molar-refractivity contribution in [3.63, 3.8) is 0 Å². The molecule has 0 spiro atoms. The van der Waals surface area contributed by atoms with Gasteiger partial charge in [0.25, 0.3) is 11.1 Å². The van der Waals surface area contributed by atoms with Gasteiger partial charge in [-0.2, -0.15) is 10.5 Å². The van der Waals surface area contributed by atoms with Crippen LogP contribution in [0.3, 0.4) is 0 Å². The van der Waals surface area contributed by atoms with Gasteiger partial charge in [-0.3, -0.25) is 18.7 Å². The topological polar surface area (TPSA) is 132 Å². The molecule has 0 aliphatic heterocycles. The molecule has 0 saturated carbocycles. The number of hydrogen-bond acceptors (Lipinski definition) is 6. The van der Waals surface area contributed by atoms with Gasteiger partial charge >= 0.3 is 0 Å². The van der Waals surface area contributed by atoms with E-state index >= 15 is 0 Å². The van der Waals surface area contributed by atoms with E-state index in [1.807, 2.05) is 12.1 Å². The second-order valence-electron chi connectivity index (χ2n) is 5.07. The van der Waals surface area contributed by atoms with Crippen LogP contribution in [0.4, 0.5) is 0 Å². The van der Waals surface area contributed by atoms with Gasteiger partial charge in [0.15, 0.2) is 0 Å². The number of aromatic nitrogens is 2. The molecule has 0 aliphatic carbocycles. The average molecular weight is 328 g/mol. The second kappa shape index (κ2) is 7.16. The van der Waals surface area contributed by atoms with Gasteiger partial charge in [-0.15, -0.1) is 0 Å². The van der Waals surface area contributed by atoms with Gasteiger partial charge in [-0.05, 0) is 25.0 Å². The van der Waals surface area contributed by atoms with Gasteiger partial charge in [-0.25, -0.2) is 0 Å². The van der Waals surface area contributed by atoms with E-state index in [9.17, 15) is 19.8 Å². The minimum Gasteiger partial charge on any atom is -0.493 e. The number of nitrogens with zero attached hydrogens (tertiary/aromatic N) is 4. The minimum atomic E-state index is -0.316. The molecule has 0 saturated heterocycles. The molecule has 0 radical (unpaired) electrons. The lowest BCUT2D eigenvalue weighted by atomic mass is 10.2. The third-order valence-electron chi connectivity index (χ3n) is 3.44. The van der Waals surface area contributed by atoms with Crippen molar-refractivity contribution in [2.24, 2.45) is 14.1 Å². The van der Waals surface area contributed by atoms with Crippen molar-refractivity contribution in [2.45, 2.75) is 13.8 Å². The largest absolute Gasteiger partial charge is 0.493 e. The van der Waals surface area contributed by atoms with Crippen molar-refractivity contribution < 1.29 is 10.2 Å². The Morgan fingerprint density at radius 3 is 1.38 bits per heavy atom. The maximum Gasteiger partial charge on any atom is 0.253 e. The van der Waals surface area contributed by atoms with E-state index in [2.05, 4.69) is 0 Å². The molecule has 2 N–H and O–H groups in total. The zero-order valence-electron chi connectivity index (χ0n) is 13.7. The van der Waals surface area contributed by atoms with Crippen molar-refractivity contribution >= 4 is 0 Å². The summed E-state index contributed by atoms with van der Waals surface area (Å²) in [7, 11) is 2.83. The van der Waals surface area contributed by atoms with Crippen LogP contribution in [-0.2, 0) is 14.1 Å². The fourth-order valence-corrected chi connectivity index (χ4v) is 1.88. The number of aryl methyl sites for hydroxylation is 2. The van der Waals surface area contributed by atoms with Gasteiger partial charge in [-0.1, -0.05) is 0 Å². The van der Waals surface area contributed by atoms with Crippen LogP contribution in [-0.4, -0.2) is 19.3 Å². The van der Waals surface area contributed by atoms with Crippen LogP contribution in [0.1, 0.15) is 22.3 Å². The molecule has 2 rings (SSSR count). The number of pyridine rings is 2. The third-order valence-corrected chi connectivity index (χ3v) is 3.44. The van der Waals surface area contributed by atoms with Crippen molar-refractivity contribution in [3.05, 3.63) is 55.1 Å². The Bertz CT molecular complexity index is 906. The lowest BCUT2D eigenvalue weighted by molar-refractivity contribution is 0.420. The first-order valence-corrected chi connectivity index (χ1v) is 6.75. The molecule has 8 nitrogen and oxygen atoms in total. The number of rotatable bonds is 0. The Morgan fingerprint density at radius 2 is 1.12 bits per heavy atom. The van der Waals surface area contributed by atoms with Crippen LogP contribution < -0.4 is 11.1 Å². The van der Waals surface area contributed by atoms with Crippen LogP contribution in [0.2, 0.25) is 0 Å². The second-order valence-corrected chi connectivity index (χ2v) is 5.07. The van der Waals surface area contributed by atoms with E-state index in [4.69, 9.17) is 10.5 Å². The summed E-state index contributed by atoms with van der Waals surface area (Å²) in [6, 6.07) is 6.28. The molecule has 0 fully saturated rings. The smallest absolute Gasteiger partial charge is 0.253 e. The highest BCUT2D eigenvalue weighted by Crippen LogP contribution is 2.16. The van der Waals surface area contributed by atoms with E-state index in [1.54, 1.807) is 13.8 Å². The fourth-order valence-electron chi connectivity index (χ4n) is 1.88. The summed E-state index contributed by atoms with van der Waals surface area (Å²) in [5.74, 6) is -0.551. The maximum atomic E-state index is 11.0. The molecular weight excluding hydrogens is 312 g/mol. The van der Waals surface area contributed by atoms with Crippen LogP contribution in [0.15, 0.2) is 21.7 Å². The quantitative estimate of drug-likeness (QED) is 0.725. The Labute approximate surface area is 137 Å². The summed E-state index contributed by atoms with van der Waals surface area (Å²) in [6.45, 7) is 3.22. The number of nitriles is 2. The zero-order chi connectivity index (χ0) is 18.6. The predicted molar refractivity (Wildman–Crippen MR) is 85.6 cm³/mol. The minimum absolute atomic E-state index is 0.150. The van der Waals surface area contributed by atoms with Crippen LogP contribution in [0, 0.1) is 36.5 Å². The summed E-state index contributed by atoms with van der Waals surface area (Å²) >= 11 is 0. The lowest BCUT2D eigenvalue weighted by Crippen LogP contribution is -2.16. The lowest BCUT2D eigenvalue weighted by Gasteiger charge is -2.04. The Balaban J connectivity index is 0.000000240. The van der Waals surface area contributed by atoms with Gasteiger partial charge in [0, 0.05) is 26.2 Å². The van der Waals surface area contributed by atoms with Gasteiger partial charge in [0.1, 0.15) is 23.3 Å². The Hall–Kier alpha value is -3.52. The monoisotopic (exact) mass is 328 g/mol. The van der Waals surface area contributed by atoms with Crippen molar-refractivity contribution in [1.82, 2.24) is 9.13 Å². The van der Waals surface area contributed by atoms with E-state index in [-0.39, 0.29) is 34.0 Å². The van der Waals surface area contributed by atoms with Gasteiger partial charge < -0.3 is 10.2 Å². The Morgan fingerprint density at radius 1 is 0.833 bits per heavy atom. The number of aromatic hydroxyl groups is 2. The third kappa shape index (κ3) is 3.45. The van der Waals surface area contributed by atoms with Crippen molar-refractivity contribution in [3.8, 4) is 23.9 Å². The summed E-state index contributed by atoms with van der Waals surface area (Å²) in [5.41, 5.74) is 0.665. The first kappa shape index (κ1) is 18.5. The maximum absolute atomic E-state index is 11.0. The molecule has 0 amide bonds. The van der Waals surface area contributed by atoms with Crippen molar-refractivity contribution in [1.29, 1.82) is 10.5 Å². The summed E-state index contributed by atoms with van der Waals surface area (Å²) < 4.78 is 2.07. The standard InChI is InChI=1S/2C8H8N2O2/c2*1-5-3-7(11)10(2)8(12)6(5)4-9/h2*3,12H,1-2H3. The van der Waals surface area contributed by atoms with Crippen molar-refractivity contribution in [2.75, 3.05) is 0 Å². The van der Waals surface area contributed by atoms with Gasteiger partial charge in [0.05, 0.1) is 0 Å².